The highest BCUT2D eigenvalue weighted by Crippen LogP contribution is 2.13. The largest absolute Gasteiger partial charge is 0.341 e. The predicted octanol–water partition coefficient (Wildman–Crippen LogP) is 3.60. The molecular formula is C15H33N3. The predicted molar refractivity (Wildman–Crippen MR) is 82.2 cm³/mol. The number of aliphatic imine (C=N–C) groups is 1. The van der Waals surface area contributed by atoms with E-state index < -0.39 is 0 Å². The number of guanidine groups is 1. The van der Waals surface area contributed by atoms with Gasteiger partial charge in [-0.2, -0.15) is 0 Å². The van der Waals surface area contributed by atoms with E-state index in [0.717, 1.165) is 12.5 Å². The zero-order valence-corrected chi connectivity index (χ0v) is 13.9. The molecule has 0 aliphatic rings. The lowest BCUT2D eigenvalue weighted by Crippen LogP contribution is -2.53. The fourth-order valence-corrected chi connectivity index (χ4v) is 2.32. The average molecular weight is 255 g/mol. The van der Waals surface area contributed by atoms with Crippen molar-refractivity contribution in [2.45, 2.75) is 86.5 Å². The summed E-state index contributed by atoms with van der Waals surface area (Å²) in [4.78, 5) is 9.69. The molecule has 0 rings (SSSR count). The summed E-state index contributed by atoms with van der Waals surface area (Å²) < 4.78 is 0. The minimum absolute atomic E-state index is 0.327. The number of hydrogen-bond acceptors (Lipinski definition) is 1. The van der Waals surface area contributed by atoms with E-state index in [1.807, 2.05) is 0 Å². The van der Waals surface area contributed by atoms with Crippen LogP contribution in [0.25, 0.3) is 0 Å². The van der Waals surface area contributed by atoms with Crippen molar-refractivity contribution < 1.29 is 0 Å². The summed E-state index contributed by atoms with van der Waals surface area (Å²) in [6.45, 7) is 20.9. The lowest BCUT2D eigenvalue weighted by Gasteiger charge is -2.41. The summed E-state index contributed by atoms with van der Waals surface area (Å²) in [5, 5.41) is 0. The second-order valence-corrected chi connectivity index (χ2v) is 6.00. The Kier molecular flexibility index (Phi) is 7.34. The molecule has 0 aliphatic heterocycles. The number of rotatable bonds is 5. The first kappa shape index (κ1) is 17.3. The van der Waals surface area contributed by atoms with E-state index in [1.165, 1.54) is 0 Å². The normalized spacial score (nSPS) is 13.1. The van der Waals surface area contributed by atoms with Crippen LogP contribution >= 0.6 is 0 Å². The molecule has 0 spiro atoms. The number of nitrogens with zero attached hydrogens (tertiary/aromatic N) is 3. The molecule has 0 saturated heterocycles. The van der Waals surface area contributed by atoms with Crippen molar-refractivity contribution in [3.05, 3.63) is 0 Å². The van der Waals surface area contributed by atoms with Crippen molar-refractivity contribution in [2.24, 2.45) is 4.99 Å². The summed E-state index contributed by atoms with van der Waals surface area (Å²) in [6.07, 6.45) is 0. The second kappa shape index (κ2) is 7.65. The Morgan fingerprint density at radius 3 is 1.50 bits per heavy atom. The second-order valence-electron chi connectivity index (χ2n) is 6.00. The van der Waals surface area contributed by atoms with Crippen molar-refractivity contribution in [1.29, 1.82) is 0 Å². The minimum atomic E-state index is 0.327. The molecule has 0 heterocycles. The molecule has 0 aromatic rings. The fraction of sp³-hybridized carbons (Fsp3) is 0.933. The molecule has 108 valence electrons. The van der Waals surface area contributed by atoms with Crippen molar-refractivity contribution in [2.75, 3.05) is 6.54 Å². The zero-order chi connectivity index (χ0) is 14.5. The maximum Gasteiger partial charge on any atom is 0.197 e. The molecule has 0 aromatic heterocycles. The van der Waals surface area contributed by atoms with Gasteiger partial charge in [0.05, 0.1) is 0 Å². The van der Waals surface area contributed by atoms with E-state index in [1.54, 1.807) is 0 Å². The highest BCUT2D eigenvalue weighted by molar-refractivity contribution is 5.81. The van der Waals surface area contributed by atoms with Gasteiger partial charge in [0.1, 0.15) is 0 Å². The van der Waals surface area contributed by atoms with E-state index in [2.05, 4.69) is 72.1 Å². The van der Waals surface area contributed by atoms with Gasteiger partial charge in [0.2, 0.25) is 0 Å². The van der Waals surface area contributed by atoms with Crippen molar-refractivity contribution in [1.82, 2.24) is 9.80 Å². The van der Waals surface area contributed by atoms with Gasteiger partial charge in [0, 0.05) is 30.7 Å². The van der Waals surface area contributed by atoms with Gasteiger partial charge in [-0.25, -0.2) is 0 Å². The molecule has 0 unspecified atom stereocenters. The van der Waals surface area contributed by atoms with E-state index in [4.69, 9.17) is 4.99 Å². The topological polar surface area (TPSA) is 18.8 Å². The summed E-state index contributed by atoms with van der Waals surface area (Å²) in [5.41, 5.74) is 0. The molecule has 0 radical (unpaired) electrons. The van der Waals surface area contributed by atoms with Crippen LogP contribution in [0.1, 0.15) is 62.3 Å². The van der Waals surface area contributed by atoms with E-state index in [0.29, 0.717) is 24.2 Å². The van der Waals surface area contributed by atoms with Crippen LogP contribution in [0.2, 0.25) is 0 Å². The van der Waals surface area contributed by atoms with Gasteiger partial charge in [0.15, 0.2) is 5.96 Å². The molecule has 0 aliphatic carbocycles. The maximum absolute atomic E-state index is 4.88. The van der Waals surface area contributed by atoms with Crippen LogP contribution in [0.4, 0.5) is 0 Å². The van der Waals surface area contributed by atoms with Crippen LogP contribution in [0.15, 0.2) is 4.99 Å². The van der Waals surface area contributed by atoms with Gasteiger partial charge in [-0.3, -0.25) is 4.99 Å². The molecule has 0 fully saturated rings. The van der Waals surface area contributed by atoms with Gasteiger partial charge in [-0.1, -0.05) is 0 Å². The van der Waals surface area contributed by atoms with E-state index in [9.17, 15) is 0 Å². The Labute approximate surface area is 114 Å². The van der Waals surface area contributed by atoms with Crippen molar-refractivity contribution >= 4 is 5.96 Å². The Morgan fingerprint density at radius 2 is 1.28 bits per heavy atom. The number of hydrogen-bond donors (Lipinski definition) is 0. The highest BCUT2D eigenvalue weighted by atomic mass is 15.4. The summed E-state index contributed by atoms with van der Waals surface area (Å²) in [5.74, 6) is 1.15. The monoisotopic (exact) mass is 255 g/mol. The van der Waals surface area contributed by atoms with E-state index >= 15 is 0 Å². The molecule has 3 nitrogen and oxygen atoms in total. The first-order chi connectivity index (χ1) is 8.22. The molecule has 0 saturated carbocycles. The lowest BCUT2D eigenvalue weighted by atomic mass is 10.2. The molecular weight excluding hydrogens is 222 g/mol. The fourth-order valence-electron chi connectivity index (χ4n) is 2.32. The van der Waals surface area contributed by atoms with Gasteiger partial charge in [-0.05, 0) is 62.3 Å². The van der Waals surface area contributed by atoms with Gasteiger partial charge in [0.25, 0.3) is 0 Å². The van der Waals surface area contributed by atoms with Crippen LogP contribution in [-0.2, 0) is 0 Å². The summed E-state index contributed by atoms with van der Waals surface area (Å²) >= 11 is 0. The van der Waals surface area contributed by atoms with Gasteiger partial charge < -0.3 is 9.80 Å². The maximum atomic E-state index is 4.88. The van der Waals surface area contributed by atoms with Crippen LogP contribution in [-0.4, -0.2) is 46.5 Å². The Balaban J connectivity index is 5.45. The quantitative estimate of drug-likeness (QED) is 0.552. The minimum Gasteiger partial charge on any atom is -0.341 e. The molecule has 0 atom stereocenters. The Hall–Kier alpha value is -0.730. The first-order valence-electron chi connectivity index (χ1n) is 7.35. The smallest absolute Gasteiger partial charge is 0.197 e. The van der Waals surface area contributed by atoms with Crippen LogP contribution in [0, 0.1) is 0 Å². The summed E-state index contributed by atoms with van der Waals surface area (Å²) in [7, 11) is 0. The standard InChI is InChI=1S/C15H33N3/c1-10-17(12(4)5)15(16-11(2)3)18(13(6)7)14(8)9/h11-14H,10H2,1-9H3/b16-15+. The van der Waals surface area contributed by atoms with Crippen LogP contribution in [0.3, 0.4) is 0 Å². The molecule has 0 bridgehead atoms. The molecule has 0 aromatic carbocycles. The Morgan fingerprint density at radius 1 is 0.833 bits per heavy atom. The molecule has 0 amide bonds. The third-order valence-corrected chi connectivity index (χ3v) is 2.94. The molecule has 18 heavy (non-hydrogen) atoms. The first-order valence-corrected chi connectivity index (χ1v) is 7.35. The Bertz CT molecular complexity index is 246. The van der Waals surface area contributed by atoms with E-state index in [-0.39, 0.29) is 0 Å². The van der Waals surface area contributed by atoms with Gasteiger partial charge in [-0.15, -0.1) is 0 Å². The zero-order valence-electron chi connectivity index (χ0n) is 13.9. The van der Waals surface area contributed by atoms with Gasteiger partial charge >= 0.3 is 0 Å². The SMILES string of the molecule is CCN(/C(=N\C(C)C)N(C(C)C)C(C)C)C(C)C. The summed E-state index contributed by atoms with van der Waals surface area (Å²) in [6, 6.07) is 1.74. The molecule has 0 N–H and O–H groups in total. The molecule has 3 heteroatoms. The van der Waals surface area contributed by atoms with Crippen LogP contribution < -0.4 is 0 Å². The van der Waals surface area contributed by atoms with Crippen molar-refractivity contribution in [3.8, 4) is 0 Å². The third kappa shape index (κ3) is 4.87. The average Bonchev–Trinajstić information content (AvgIpc) is 2.15. The third-order valence-electron chi connectivity index (χ3n) is 2.94. The highest BCUT2D eigenvalue weighted by Gasteiger charge is 2.24. The lowest BCUT2D eigenvalue weighted by molar-refractivity contribution is 0.224. The van der Waals surface area contributed by atoms with Crippen LogP contribution in [0.5, 0.6) is 0 Å². The van der Waals surface area contributed by atoms with Crippen molar-refractivity contribution in [3.63, 3.8) is 0 Å².